The second kappa shape index (κ2) is 11.4. The minimum Gasteiger partial charge on any atom is -0.494 e. The number of rotatable bonds is 7. The average Bonchev–Trinajstić information content (AvgIpc) is 3.50. The third kappa shape index (κ3) is 5.92. The van der Waals surface area contributed by atoms with Crippen molar-refractivity contribution >= 4 is 51.7 Å². The van der Waals surface area contributed by atoms with Gasteiger partial charge in [-0.05, 0) is 61.4 Å². The highest BCUT2D eigenvalue weighted by Crippen LogP contribution is 2.38. The average molecular weight is 547 g/mol. The van der Waals surface area contributed by atoms with Crippen molar-refractivity contribution in [1.29, 1.82) is 0 Å². The molecule has 1 N–H and O–H groups in total. The predicted octanol–water partition coefficient (Wildman–Crippen LogP) is 6.23. The molecule has 0 saturated heterocycles. The van der Waals surface area contributed by atoms with Crippen molar-refractivity contribution in [1.82, 2.24) is 5.01 Å². The van der Waals surface area contributed by atoms with Gasteiger partial charge in [0.15, 0.2) is 5.17 Å². The Hall–Kier alpha value is -3.62. The Morgan fingerprint density at radius 3 is 2.47 bits per heavy atom. The van der Waals surface area contributed by atoms with E-state index in [1.807, 2.05) is 43.1 Å². The smallest absolute Gasteiger partial charge is 0.262 e. The fraction of sp³-hybridized carbons (Fsp3) is 0.241. The molecule has 3 aromatic rings. The van der Waals surface area contributed by atoms with Crippen LogP contribution < -0.4 is 10.1 Å². The monoisotopic (exact) mass is 546 g/mol. The fourth-order valence-electron chi connectivity index (χ4n) is 4.34. The van der Waals surface area contributed by atoms with Crippen LogP contribution in [0.15, 0.2) is 82.9 Å². The lowest BCUT2D eigenvalue weighted by atomic mass is 9.98. The molecule has 2 heterocycles. The summed E-state index contributed by atoms with van der Waals surface area (Å²) < 4.78 is 5.44. The number of nitrogens with zero attached hydrogens (tertiary/aromatic N) is 3. The van der Waals surface area contributed by atoms with Crippen LogP contribution in [-0.2, 0) is 9.59 Å². The van der Waals surface area contributed by atoms with Crippen molar-refractivity contribution < 1.29 is 14.3 Å². The van der Waals surface area contributed by atoms with Gasteiger partial charge in [-0.3, -0.25) is 9.59 Å². The van der Waals surface area contributed by atoms with Crippen LogP contribution in [0.3, 0.4) is 0 Å². The maximum absolute atomic E-state index is 12.8. The number of hydrazone groups is 1. The third-order valence-corrected chi connectivity index (χ3v) is 7.69. The lowest BCUT2D eigenvalue weighted by Crippen LogP contribution is -2.25. The Morgan fingerprint density at radius 2 is 1.79 bits per heavy atom. The summed E-state index contributed by atoms with van der Waals surface area (Å²) in [6, 6.07) is 22.9. The summed E-state index contributed by atoms with van der Waals surface area (Å²) in [5, 5.41) is 10.1. The molecule has 3 aromatic carbocycles. The van der Waals surface area contributed by atoms with E-state index < -0.39 is 5.25 Å². The number of carbonyl (C=O) groups excluding carboxylic acids is 2. The molecule has 7 nitrogen and oxygen atoms in total. The van der Waals surface area contributed by atoms with Crippen LogP contribution in [0.1, 0.15) is 42.5 Å². The number of hydrogen-bond donors (Lipinski definition) is 1. The number of benzene rings is 3. The molecule has 0 unspecified atom stereocenters. The minimum absolute atomic E-state index is 0.0144. The number of amides is 2. The largest absolute Gasteiger partial charge is 0.494 e. The first-order valence-electron chi connectivity index (χ1n) is 12.4. The Bertz CT molecular complexity index is 1390. The summed E-state index contributed by atoms with van der Waals surface area (Å²) in [7, 11) is 0. The van der Waals surface area contributed by atoms with Gasteiger partial charge < -0.3 is 10.1 Å². The zero-order valence-electron chi connectivity index (χ0n) is 21.1. The van der Waals surface area contributed by atoms with Crippen molar-refractivity contribution in [3.05, 3.63) is 94.5 Å². The van der Waals surface area contributed by atoms with Crippen LogP contribution in [0.25, 0.3) is 0 Å². The summed E-state index contributed by atoms with van der Waals surface area (Å²) in [5.74, 6) is 0.153. The predicted molar refractivity (Wildman–Crippen MR) is 153 cm³/mol. The first kappa shape index (κ1) is 26.0. The quantitative estimate of drug-likeness (QED) is 0.380. The van der Waals surface area contributed by atoms with Gasteiger partial charge in [0.2, 0.25) is 5.91 Å². The molecular formula is C29H27ClN4O3S. The molecule has 0 aliphatic carbocycles. The third-order valence-electron chi connectivity index (χ3n) is 6.29. The number of amidine groups is 1. The van der Waals surface area contributed by atoms with E-state index in [4.69, 9.17) is 21.4 Å². The van der Waals surface area contributed by atoms with Crippen LogP contribution in [0.4, 0.5) is 5.69 Å². The van der Waals surface area contributed by atoms with E-state index in [1.165, 1.54) is 17.3 Å². The summed E-state index contributed by atoms with van der Waals surface area (Å²) in [6.07, 6.45) is 0.669. The molecular weight excluding hydrogens is 520 g/mol. The van der Waals surface area contributed by atoms with E-state index in [0.717, 1.165) is 22.6 Å². The second-order valence-corrected chi connectivity index (χ2v) is 10.7. The molecule has 38 heavy (non-hydrogen) atoms. The Balaban J connectivity index is 1.31. The number of ether oxygens (including phenoxy) is 1. The van der Waals surface area contributed by atoms with Gasteiger partial charge in [0.05, 0.1) is 18.4 Å². The molecule has 0 bridgehead atoms. The van der Waals surface area contributed by atoms with E-state index in [1.54, 1.807) is 24.3 Å². The molecule has 194 valence electrons. The van der Waals surface area contributed by atoms with E-state index in [-0.39, 0.29) is 24.3 Å². The molecule has 0 radical (unpaired) electrons. The van der Waals surface area contributed by atoms with E-state index in [9.17, 15) is 9.59 Å². The molecule has 0 fully saturated rings. The van der Waals surface area contributed by atoms with Crippen molar-refractivity contribution in [2.45, 2.75) is 38.0 Å². The van der Waals surface area contributed by atoms with Crippen LogP contribution in [0.5, 0.6) is 5.75 Å². The number of nitrogens with one attached hydrogen (secondary N) is 1. The lowest BCUT2D eigenvalue weighted by Gasteiger charge is -2.23. The molecule has 9 heteroatoms. The number of halogens is 1. The Labute approximate surface area is 230 Å². The van der Waals surface area contributed by atoms with E-state index >= 15 is 0 Å². The fourth-order valence-corrected chi connectivity index (χ4v) is 5.53. The van der Waals surface area contributed by atoms with Gasteiger partial charge in [-0.25, -0.2) is 5.01 Å². The first-order chi connectivity index (χ1) is 18.4. The van der Waals surface area contributed by atoms with Crippen LogP contribution in [0.2, 0.25) is 5.02 Å². The van der Waals surface area contributed by atoms with Crippen molar-refractivity contribution in [2.75, 3.05) is 11.9 Å². The standard InChI is InChI=1S/C29H27ClN4O3S/c1-3-37-23-14-12-22(13-15-23)31-27(35)17-26-28(36)32-29(38-26)34-25(20-6-4-18(2)5-7-20)16-24(33-34)19-8-10-21(30)11-9-19/h4-15,25-26H,3,16-17H2,1-2H3,(H,31,35)/t25-,26+/m1/s1. The highest BCUT2D eigenvalue weighted by molar-refractivity contribution is 8.15. The zero-order valence-corrected chi connectivity index (χ0v) is 22.6. The molecule has 2 aliphatic rings. The topological polar surface area (TPSA) is 83.4 Å². The molecule has 2 aliphatic heterocycles. The van der Waals surface area contributed by atoms with Gasteiger partial charge in [0, 0.05) is 23.6 Å². The summed E-state index contributed by atoms with van der Waals surface area (Å²) in [4.78, 5) is 29.9. The van der Waals surface area contributed by atoms with Gasteiger partial charge >= 0.3 is 0 Å². The number of hydrogen-bond acceptors (Lipinski definition) is 6. The molecule has 0 spiro atoms. The summed E-state index contributed by atoms with van der Waals surface area (Å²) in [5.41, 5.74) is 4.75. The van der Waals surface area contributed by atoms with E-state index in [0.29, 0.717) is 28.9 Å². The normalized spacial score (nSPS) is 18.8. The molecule has 0 saturated carbocycles. The van der Waals surface area contributed by atoms with Crippen molar-refractivity contribution in [3.63, 3.8) is 0 Å². The van der Waals surface area contributed by atoms with Crippen LogP contribution in [-0.4, -0.2) is 39.6 Å². The molecule has 2 amide bonds. The van der Waals surface area contributed by atoms with Gasteiger partial charge in [-0.15, -0.1) is 0 Å². The second-order valence-electron chi connectivity index (χ2n) is 9.08. The number of aliphatic imine (C=N–C) groups is 1. The summed E-state index contributed by atoms with van der Waals surface area (Å²) in [6.45, 7) is 4.53. The number of anilines is 1. The summed E-state index contributed by atoms with van der Waals surface area (Å²) >= 11 is 7.37. The Kier molecular flexibility index (Phi) is 7.81. The maximum atomic E-state index is 12.8. The van der Waals surface area contributed by atoms with E-state index in [2.05, 4.69) is 34.6 Å². The van der Waals surface area contributed by atoms with Gasteiger partial charge in [0.1, 0.15) is 11.0 Å². The maximum Gasteiger partial charge on any atom is 0.262 e. The van der Waals surface area contributed by atoms with Crippen molar-refractivity contribution in [2.24, 2.45) is 10.1 Å². The molecule has 2 atom stereocenters. The highest BCUT2D eigenvalue weighted by Gasteiger charge is 2.39. The number of carbonyl (C=O) groups is 2. The first-order valence-corrected chi connectivity index (χ1v) is 13.7. The van der Waals surface area contributed by atoms with Gasteiger partial charge in [-0.2, -0.15) is 10.1 Å². The number of thioether (sulfide) groups is 1. The highest BCUT2D eigenvalue weighted by atomic mass is 35.5. The molecule has 0 aromatic heterocycles. The lowest BCUT2D eigenvalue weighted by molar-refractivity contribution is -0.121. The zero-order chi connectivity index (χ0) is 26.6. The molecule has 5 rings (SSSR count). The van der Waals surface area contributed by atoms with Crippen molar-refractivity contribution in [3.8, 4) is 5.75 Å². The van der Waals surface area contributed by atoms with Gasteiger partial charge in [-0.1, -0.05) is 65.3 Å². The number of aryl methyl sites for hydroxylation is 1. The minimum atomic E-state index is -0.610. The Morgan fingerprint density at radius 1 is 1.08 bits per heavy atom. The van der Waals surface area contributed by atoms with Crippen LogP contribution >= 0.6 is 23.4 Å². The van der Waals surface area contributed by atoms with Gasteiger partial charge in [0.25, 0.3) is 5.91 Å². The SMILES string of the molecule is CCOc1ccc(NC(=O)C[C@@H]2SC(N3N=C(c4ccc(Cl)cc4)C[C@@H]3c3ccc(C)cc3)=NC2=O)cc1. The van der Waals surface area contributed by atoms with Crippen LogP contribution in [0, 0.1) is 6.92 Å².